The number of amides is 1. The van der Waals surface area contributed by atoms with Gasteiger partial charge in [0.2, 0.25) is 0 Å². The number of halogens is 1. The number of nitrogens with zero attached hydrogens (tertiary/aromatic N) is 2. The minimum atomic E-state index is -1.04. The molecular weight excluding hydrogens is 454 g/mol. The zero-order valence-electron chi connectivity index (χ0n) is 17.5. The molecule has 4 heterocycles. The topological polar surface area (TPSA) is 127 Å². The molecule has 0 atom stereocenters. The van der Waals surface area contributed by atoms with Crippen molar-refractivity contribution in [2.24, 2.45) is 0 Å². The number of fused-ring (bicyclic) bond motifs is 1. The largest absolute Gasteiger partial charge is 0.478 e. The van der Waals surface area contributed by atoms with Crippen LogP contribution in [0.5, 0.6) is 0 Å². The second-order valence-electron chi connectivity index (χ2n) is 7.91. The van der Waals surface area contributed by atoms with E-state index in [0.717, 1.165) is 36.4 Å². The van der Waals surface area contributed by atoms with Crippen LogP contribution >= 0.6 is 22.9 Å². The Labute approximate surface area is 194 Å². The molecule has 0 spiro atoms. The number of aromatic carboxylic acids is 1. The van der Waals surface area contributed by atoms with Crippen molar-refractivity contribution in [1.82, 2.24) is 15.2 Å². The van der Waals surface area contributed by atoms with Crippen molar-refractivity contribution in [2.45, 2.75) is 31.8 Å². The quantitative estimate of drug-likeness (QED) is 0.383. The molecule has 2 aliphatic rings. The highest BCUT2D eigenvalue weighted by atomic mass is 35.5. The highest BCUT2D eigenvalue weighted by Gasteiger charge is 2.27. The molecular formula is C21H26ClN5O4S. The summed E-state index contributed by atoms with van der Waals surface area (Å²) in [7, 11) is 0. The number of β-amino-alcohol motifs (C(OH)–C–C–N with tert-alkyl or cyclic N) is 1. The summed E-state index contributed by atoms with van der Waals surface area (Å²) in [6.07, 6.45) is 2.32. The summed E-state index contributed by atoms with van der Waals surface area (Å²) in [4.78, 5) is 32.5. The second-order valence-corrected chi connectivity index (χ2v) is 9.40. The first-order valence-corrected chi connectivity index (χ1v) is 11.8. The van der Waals surface area contributed by atoms with Crippen molar-refractivity contribution in [2.75, 3.05) is 43.4 Å². The number of aliphatic hydroxyl groups is 1. The standard InChI is InChI=1S/C21H26ClN5O4S/c22-16-2-1-14(18(25-16)24-12-4-7-27(8-5-12)9-10-28)19(29)26-20-17(21(30)31)13-3-6-23-11-15(13)32-20/h1-2,12,23,28H,3-11H2,(H,24,25)(H,26,29)(H,30,31). The Balaban J connectivity index is 1.53. The number of hydrogen-bond donors (Lipinski definition) is 5. The Kier molecular flexibility index (Phi) is 7.27. The monoisotopic (exact) mass is 479 g/mol. The lowest BCUT2D eigenvalue weighted by Crippen LogP contribution is -2.40. The van der Waals surface area contributed by atoms with Crippen LogP contribution in [0.25, 0.3) is 0 Å². The molecule has 4 rings (SSSR count). The molecule has 9 nitrogen and oxygen atoms in total. The van der Waals surface area contributed by atoms with Crippen LogP contribution in [0.15, 0.2) is 12.1 Å². The minimum absolute atomic E-state index is 0.122. The summed E-state index contributed by atoms with van der Waals surface area (Å²) in [5.74, 6) is -1.08. The average molecular weight is 480 g/mol. The number of pyridine rings is 1. The maximum Gasteiger partial charge on any atom is 0.339 e. The zero-order chi connectivity index (χ0) is 22.7. The van der Waals surface area contributed by atoms with Crippen LogP contribution < -0.4 is 16.0 Å². The van der Waals surface area contributed by atoms with Gasteiger partial charge in [-0.1, -0.05) is 11.6 Å². The summed E-state index contributed by atoms with van der Waals surface area (Å²) in [5.41, 5.74) is 1.28. The van der Waals surface area contributed by atoms with Crippen LogP contribution in [0.4, 0.5) is 10.8 Å². The third-order valence-corrected chi connectivity index (χ3v) is 7.18. The number of carboxylic acids is 1. The lowest BCUT2D eigenvalue weighted by Gasteiger charge is -2.32. The molecule has 1 amide bonds. The fourth-order valence-corrected chi connectivity index (χ4v) is 5.54. The average Bonchev–Trinajstić information content (AvgIpc) is 3.13. The maximum absolute atomic E-state index is 13.1. The zero-order valence-corrected chi connectivity index (χ0v) is 19.1. The fraction of sp³-hybridized carbons (Fsp3) is 0.476. The molecule has 0 radical (unpaired) electrons. The first-order chi connectivity index (χ1) is 15.5. The third-order valence-electron chi connectivity index (χ3n) is 5.82. The lowest BCUT2D eigenvalue weighted by atomic mass is 10.0. The van der Waals surface area contributed by atoms with Crippen molar-refractivity contribution >= 4 is 45.6 Å². The number of piperidine rings is 1. The van der Waals surface area contributed by atoms with Gasteiger partial charge in [-0.2, -0.15) is 0 Å². The third kappa shape index (κ3) is 5.05. The summed E-state index contributed by atoms with van der Waals surface area (Å²) in [5, 5.41) is 28.8. The summed E-state index contributed by atoms with van der Waals surface area (Å²) in [6.45, 7) is 3.79. The molecule has 0 bridgehead atoms. The lowest BCUT2D eigenvalue weighted by molar-refractivity contribution is 0.0697. The van der Waals surface area contributed by atoms with Crippen LogP contribution in [0.2, 0.25) is 5.15 Å². The number of likely N-dealkylation sites (tertiary alicyclic amines) is 1. The van der Waals surface area contributed by atoms with Crippen molar-refractivity contribution in [1.29, 1.82) is 0 Å². The van der Waals surface area contributed by atoms with Crippen LogP contribution in [0.1, 0.15) is 44.0 Å². The van der Waals surface area contributed by atoms with Gasteiger partial charge in [0.25, 0.3) is 5.91 Å². The number of thiophene rings is 1. The van der Waals surface area contributed by atoms with Crippen molar-refractivity contribution in [3.63, 3.8) is 0 Å². The van der Waals surface area contributed by atoms with Crippen LogP contribution in [0, 0.1) is 0 Å². The molecule has 1 fully saturated rings. The van der Waals surface area contributed by atoms with Gasteiger partial charge < -0.3 is 31.1 Å². The maximum atomic E-state index is 13.1. The summed E-state index contributed by atoms with van der Waals surface area (Å²) in [6, 6.07) is 3.27. The first kappa shape index (κ1) is 22.9. The molecule has 32 heavy (non-hydrogen) atoms. The van der Waals surface area contributed by atoms with Gasteiger partial charge in [-0.15, -0.1) is 11.3 Å². The van der Waals surface area contributed by atoms with Crippen molar-refractivity contribution < 1.29 is 19.8 Å². The number of carbonyl (C=O) groups is 2. The molecule has 0 saturated carbocycles. The van der Waals surface area contributed by atoms with E-state index < -0.39 is 11.9 Å². The van der Waals surface area contributed by atoms with E-state index in [1.165, 1.54) is 11.3 Å². The SMILES string of the molecule is O=C(Nc1sc2c(c1C(=O)O)CCNC2)c1ccc(Cl)nc1NC1CCN(CCO)CC1. The summed E-state index contributed by atoms with van der Waals surface area (Å²) >= 11 is 7.39. The van der Waals surface area contributed by atoms with Gasteiger partial charge in [0.1, 0.15) is 16.0 Å². The second kappa shape index (κ2) is 10.1. The van der Waals surface area contributed by atoms with Gasteiger partial charge in [-0.3, -0.25) is 4.79 Å². The van der Waals surface area contributed by atoms with Crippen molar-refractivity contribution in [3.05, 3.63) is 38.9 Å². The Bertz CT molecular complexity index is 1010. The molecule has 2 aromatic rings. The first-order valence-electron chi connectivity index (χ1n) is 10.6. The Morgan fingerprint density at radius 2 is 2.09 bits per heavy atom. The van der Waals surface area contributed by atoms with Gasteiger partial charge >= 0.3 is 5.97 Å². The van der Waals surface area contributed by atoms with E-state index in [4.69, 9.17) is 16.7 Å². The smallest absolute Gasteiger partial charge is 0.339 e. The fourth-order valence-electron chi connectivity index (χ4n) is 4.18. The molecule has 0 aliphatic carbocycles. The van der Waals surface area contributed by atoms with Gasteiger partial charge in [0.05, 0.1) is 17.7 Å². The molecule has 172 valence electrons. The predicted molar refractivity (Wildman–Crippen MR) is 124 cm³/mol. The molecule has 11 heteroatoms. The van der Waals surface area contributed by atoms with Gasteiger partial charge in [-0.05, 0) is 43.5 Å². The Morgan fingerprint density at radius 3 is 2.81 bits per heavy atom. The van der Waals surface area contributed by atoms with E-state index in [2.05, 4.69) is 25.8 Å². The highest BCUT2D eigenvalue weighted by molar-refractivity contribution is 7.17. The molecule has 0 aromatic carbocycles. The summed E-state index contributed by atoms with van der Waals surface area (Å²) < 4.78 is 0. The normalized spacial score (nSPS) is 17.1. The number of aliphatic hydroxyl groups excluding tert-OH is 1. The van der Waals surface area contributed by atoms with E-state index in [1.54, 1.807) is 12.1 Å². The van der Waals surface area contributed by atoms with E-state index in [0.29, 0.717) is 42.4 Å². The number of aromatic nitrogens is 1. The number of carboxylic acid groups (broad SMARTS) is 1. The van der Waals surface area contributed by atoms with Crippen LogP contribution in [-0.4, -0.2) is 70.8 Å². The molecule has 2 aromatic heterocycles. The van der Waals surface area contributed by atoms with Gasteiger partial charge in [0, 0.05) is 37.1 Å². The highest BCUT2D eigenvalue weighted by Crippen LogP contribution is 2.36. The van der Waals surface area contributed by atoms with E-state index >= 15 is 0 Å². The Hall–Kier alpha value is -2.24. The minimum Gasteiger partial charge on any atom is -0.478 e. The number of rotatable bonds is 7. The van der Waals surface area contributed by atoms with Gasteiger partial charge in [-0.25, -0.2) is 9.78 Å². The van der Waals surface area contributed by atoms with Crippen LogP contribution in [-0.2, 0) is 13.0 Å². The van der Waals surface area contributed by atoms with E-state index in [1.807, 2.05) is 0 Å². The van der Waals surface area contributed by atoms with Crippen LogP contribution in [0.3, 0.4) is 0 Å². The van der Waals surface area contributed by atoms with E-state index in [9.17, 15) is 14.7 Å². The number of nitrogens with one attached hydrogen (secondary N) is 3. The van der Waals surface area contributed by atoms with Crippen molar-refractivity contribution in [3.8, 4) is 0 Å². The Morgan fingerprint density at radius 1 is 1.31 bits per heavy atom. The number of carbonyl (C=O) groups excluding carboxylic acids is 1. The molecule has 5 N–H and O–H groups in total. The molecule has 2 aliphatic heterocycles. The molecule has 1 saturated heterocycles. The number of anilines is 2. The predicted octanol–water partition coefficient (Wildman–Crippen LogP) is 2.26. The molecule has 0 unspecified atom stereocenters. The number of hydrogen-bond acceptors (Lipinski definition) is 8. The van der Waals surface area contributed by atoms with E-state index in [-0.39, 0.29) is 23.4 Å². The van der Waals surface area contributed by atoms with Gasteiger partial charge in [0.15, 0.2) is 0 Å².